The van der Waals surface area contributed by atoms with Gasteiger partial charge in [0.25, 0.3) is 0 Å². The van der Waals surface area contributed by atoms with Crippen LogP contribution in [-0.2, 0) is 4.74 Å². The summed E-state index contributed by atoms with van der Waals surface area (Å²) < 4.78 is 5.36. The van der Waals surface area contributed by atoms with Gasteiger partial charge in [-0.15, -0.1) is 11.3 Å². The molecular weight excluding hydrogens is 208 g/mol. The lowest BCUT2D eigenvalue weighted by molar-refractivity contribution is 0.0852. The van der Waals surface area contributed by atoms with Gasteiger partial charge in [0.1, 0.15) is 0 Å². The third-order valence-corrected chi connectivity index (χ3v) is 4.35. The van der Waals surface area contributed by atoms with Gasteiger partial charge in [-0.1, -0.05) is 0 Å². The molecule has 2 N–H and O–H groups in total. The number of nitrogens with two attached hydrogens (primary N) is 1. The molecule has 0 aliphatic carbocycles. The molecule has 0 aromatic carbocycles. The molecule has 2 heterocycles. The summed E-state index contributed by atoms with van der Waals surface area (Å²) in [4.78, 5) is 5.87. The van der Waals surface area contributed by atoms with Gasteiger partial charge >= 0.3 is 0 Å². The zero-order valence-electron chi connectivity index (χ0n) is 9.32. The van der Waals surface area contributed by atoms with E-state index >= 15 is 0 Å². The fraction of sp³-hybridized carbons (Fsp3) is 0.727. The highest BCUT2D eigenvalue weighted by Crippen LogP contribution is 2.33. The van der Waals surface area contributed by atoms with Gasteiger partial charge in [0.15, 0.2) is 0 Å². The topological polar surface area (TPSA) is 48.1 Å². The number of nitrogens with zero attached hydrogens (tertiary/aromatic N) is 1. The summed E-state index contributed by atoms with van der Waals surface area (Å²) in [5.74, 6) is 0.593. The van der Waals surface area contributed by atoms with Crippen molar-refractivity contribution in [2.24, 2.45) is 5.73 Å². The molecule has 84 valence electrons. The zero-order chi connectivity index (χ0) is 10.8. The lowest BCUT2D eigenvalue weighted by Crippen LogP contribution is -2.13. The monoisotopic (exact) mass is 226 g/mol. The molecule has 1 atom stereocenters. The van der Waals surface area contributed by atoms with Gasteiger partial charge in [-0.2, -0.15) is 0 Å². The van der Waals surface area contributed by atoms with E-state index in [0.717, 1.165) is 31.7 Å². The highest BCUT2D eigenvalue weighted by atomic mass is 32.1. The number of thiazole rings is 1. The first kappa shape index (κ1) is 11.0. The summed E-state index contributed by atoms with van der Waals surface area (Å²) in [6, 6.07) is 0.107. The van der Waals surface area contributed by atoms with Gasteiger partial charge in [-0.25, -0.2) is 4.98 Å². The minimum Gasteiger partial charge on any atom is -0.381 e. The number of aryl methyl sites for hydroxylation is 1. The second-order valence-electron chi connectivity index (χ2n) is 4.18. The molecule has 0 amide bonds. The molecule has 2 rings (SSSR count). The van der Waals surface area contributed by atoms with Crippen LogP contribution in [0.3, 0.4) is 0 Å². The Bertz CT molecular complexity index is 329. The quantitative estimate of drug-likeness (QED) is 0.842. The largest absolute Gasteiger partial charge is 0.381 e. The number of rotatable bonds is 2. The lowest BCUT2D eigenvalue weighted by Gasteiger charge is -2.19. The average molecular weight is 226 g/mol. The fourth-order valence-corrected chi connectivity index (χ4v) is 3.16. The Kier molecular flexibility index (Phi) is 3.38. The SMILES string of the molecule is Cc1nc(C2CCOCC2)sc1C(C)N. The maximum absolute atomic E-state index is 5.90. The minimum atomic E-state index is 0.107. The predicted octanol–water partition coefficient (Wildman–Crippen LogP) is 2.37. The molecule has 1 aromatic heterocycles. The van der Waals surface area contributed by atoms with E-state index in [9.17, 15) is 0 Å². The van der Waals surface area contributed by atoms with Crippen LogP contribution in [0.4, 0.5) is 0 Å². The molecule has 1 aliphatic heterocycles. The molecule has 1 aliphatic rings. The van der Waals surface area contributed by atoms with E-state index in [4.69, 9.17) is 10.5 Å². The molecular formula is C11H18N2OS. The summed E-state index contributed by atoms with van der Waals surface area (Å²) in [5, 5.41) is 1.25. The molecule has 1 unspecified atom stereocenters. The van der Waals surface area contributed by atoms with E-state index in [1.165, 1.54) is 9.88 Å². The highest BCUT2D eigenvalue weighted by molar-refractivity contribution is 7.11. The second-order valence-corrected chi connectivity index (χ2v) is 5.24. The molecule has 1 fully saturated rings. The Morgan fingerprint density at radius 1 is 1.47 bits per heavy atom. The van der Waals surface area contributed by atoms with Crippen molar-refractivity contribution in [1.82, 2.24) is 4.98 Å². The van der Waals surface area contributed by atoms with Crippen LogP contribution in [0.1, 0.15) is 47.3 Å². The van der Waals surface area contributed by atoms with Crippen molar-refractivity contribution >= 4 is 11.3 Å². The van der Waals surface area contributed by atoms with E-state index in [-0.39, 0.29) is 6.04 Å². The number of hydrogen-bond acceptors (Lipinski definition) is 4. The molecule has 1 aromatic rings. The lowest BCUT2D eigenvalue weighted by atomic mass is 10.0. The van der Waals surface area contributed by atoms with Crippen molar-refractivity contribution in [3.05, 3.63) is 15.6 Å². The average Bonchev–Trinajstić information content (AvgIpc) is 2.62. The molecule has 0 spiro atoms. The van der Waals surface area contributed by atoms with Crippen LogP contribution in [0, 0.1) is 6.92 Å². The van der Waals surface area contributed by atoms with E-state index < -0.39 is 0 Å². The molecule has 0 saturated carbocycles. The maximum atomic E-state index is 5.90. The van der Waals surface area contributed by atoms with Crippen molar-refractivity contribution < 1.29 is 4.74 Å². The summed E-state index contributed by atoms with van der Waals surface area (Å²) in [6.45, 7) is 5.82. The summed E-state index contributed by atoms with van der Waals surface area (Å²) in [5.41, 5.74) is 7.01. The molecule has 4 heteroatoms. The molecule has 0 bridgehead atoms. The molecule has 15 heavy (non-hydrogen) atoms. The van der Waals surface area contributed by atoms with Gasteiger partial charge in [-0.3, -0.25) is 0 Å². The normalized spacial score (nSPS) is 20.5. The first-order valence-corrected chi connectivity index (χ1v) is 6.30. The van der Waals surface area contributed by atoms with Crippen LogP contribution in [0.15, 0.2) is 0 Å². The van der Waals surface area contributed by atoms with Gasteiger partial charge in [-0.05, 0) is 26.7 Å². The van der Waals surface area contributed by atoms with Crippen LogP contribution in [-0.4, -0.2) is 18.2 Å². The van der Waals surface area contributed by atoms with Crippen molar-refractivity contribution in [2.45, 2.75) is 38.6 Å². The van der Waals surface area contributed by atoms with Gasteiger partial charge in [0, 0.05) is 30.1 Å². The smallest absolute Gasteiger partial charge is 0.0964 e. The van der Waals surface area contributed by atoms with Crippen molar-refractivity contribution in [3.8, 4) is 0 Å². The fourth-order valence-electron chi connectivity index (χ4n) is 1.97. The Morgan fingerprint density at radius 3 is 2.67 bits per heavy atom. The van der Waals surface area contributed by atoms with Crippen LogP contribution in [0.2, 0.25) is 0 Å². The third kappa shape index (κ3) is 2.38. The Labute approximate surface area is 94.7 Å². The van der Waals surface area contributed by atoms with Crippen LogP contribution in [0.25, 0.3) is 0 Å². The van der Waals surface area contributed by atoms with E-state index in [1.807, 2.05) is 6.92 Å². The van der Waals surface area contributed by atoms with Crippen LogP contribution >= 0.6 is 11.3 Å². The number of aromatic nitrogens is 1. The first-order valence-electron chi connectivity index (χ1n) is 5.49. The predicted molar refractivity (Wildman–Crippen MR) is 62.2 cm³/mol. The molecule has 3 nitrogen and oxygen atoms in total. The summed E-state index contributed by atoms with van der Waals surface area (Å²) in [7, 11) is 0. The van der Waals surface area contributed by atoms with Crippen LogP contribution < -0.4 is 5.73 Å². The Balaban J connectivity index is 2.17. The third-order valence-electron chi connectivity index (χ3n) is 2.83. The standard InChI is InChI=1S/C11H18N2OS/c1-7(12)10-8(2)13-11(15-10)9-3-5-14-6-4-9/h7,9H,3-6,12H2,1-2H3. The molecule has 1 saturated heterocycles. The van der Waals surface area contributed by atoms with Crippen LogP contribution in [0.5, 0.6) is 0 Å². The number of hydrogen-bond donors (Lipinski definition) is 1. The zero-order valence-corrected chi connectivity index (χ0v) is 10.1. The Hall–Kier alpha value is -0.450. The van der Waals surface area contributed by atoms with Crippen molar-refractivity contribution in [1.29, 1.82) is 0 Å². The minimum absolute atomic E-state index is 0.107. The van der Waals surface area contributed by atoms with Crippen molar-refractivity contribution in [2.75, 3.05) is 13.2 Å². The molecule has 0 radical (unpaired) electrons. The first-order chi connectivity index (χ1) is 7.18. The summed E-state index contributed by atoms with van der Waals surface area (Å²) >= 11 is 1.78. The van der Waals surface area contributed by atoms with Gasteiger partial charge < -0.3 is 10.5 Å². The number of ether oxygens (including phenoxy) is 1. The maximum Gasteiger partial charge on any atom is 0.0964 e. The van der Waals surface area contributed by atoms with E-state index in [1.54, 1.807) is 11.3 Å². The Morgan fingerprint density at radius 2 is 2.13 bits per heavy atom. The van der Waals surface area contributed by atoms with Crippen molar-refractivity contribution in [3.63, 3.8) is 0 Å². The van der Waals surface area contributed by atoms with Gasteiger partial charge in [0.05, 0.1) is 10.7 Å². The van der Waals surface area contributed by atoms with Gasteiger partial charge in [0.2, 0.25) is 0 Å². The van der Waals surface area contributed by atoms with E-state index in [0.29, 0.717) is 5.92 Å². The highest BCUT2D eigenvalue weighted by Gasteiger charge is 2.21. The van der Waals surface area contributed by atoms with E-state index in [2.05, 4.69) is 11.9 Å². The summed E-state index contributed by atoms with van der Waals surface area (Å²) in [6.07, 6.45) is 2.21. The second kappa shape index (κ2) is 4.60.